The molecule has 106 valence electrons. The molecule has 0 fully saturated rings. The first-order chi connectivity index (χ1) is 10.1. The zero-order chi connectivity index (χ0) is 14.7. The minimum Gasteiger partial charge on any atom is -0.353 e. The first-order valence-corrected chi connectivity index (χ1v) is 7.11. The predicted molar refractivity (Wildman–Crippen MR) is 78.1 cm³/mol. The van der Waals surface area contributed by atoms with Gasteiger partial charge in [0.25, 0.3) is 0 Å². The summed E-state index contributed by atoms with van der Waals surface area (Å²) in [5.41, 5.74) is 1.15. The van der Waals surface area contributed by atoms with Crippen LogP contribution in [0.5, 0.6) is 0 Å². The van der Waals surface area contributed by atoms with E-state index >= 15 is 0 Å². The second kappa shape index (κ2) is 5.69. The summed E-state index contributed by atoms with van der Waals surface area (Å²) >= 11 is 0.440. The molecule has 0 radical (unpaired) electrons. The van der Waals surface area contributed by atoms with Crippen LogP contribution in [0.25, 0.3) is 11.3 Å². The molecule has 3 aromatic rings. The van der Waals surface area contributed by atoms with E-state index in [0.717, 1.165) is 5.56 Å². The van der Waals surface area contributed by atoms with Crippen molar-refractivity contribution in [2.75, 3.05) is 0 Å². The Morgan fingerprint density at radius 3 is 2.19 bits per heavy atom. The van der Waals surface area contributed by atoms with Crippen LogP contribution in [0.1, 0.15) is 5.76 Å². The van der Waals surface area contributed by atoms with Crippen molar-refractivity contribution >= 4 is 11.8 Å². The minimum absolute atomic E-state index is 0.402. The summed E-state index contributed by atoms with van der Waals surface area (Å²) in [6.45, 7) is 0. The smallest absolute Gasteiger partial charge is 0.353 e. The molecule has 1 aromatic heterocycles. The van der Waals surface area contributed by atoms with Gasteiger partial charge in [0.15, 0.2) is 0 Å². The minimum atomic E-state index is -3.17. The Kier molecular flexibility index (Phi) is 3.75. The van der Waals surface area contributed by atoms with Crippen LogP contribution in [-0.4, -0.2) is 5.16 Å². The largest absolute Gasteiger partial charge is 0.357 e. The van der Waals surface area contributed by atoms with Crippen molar-refractivity contribution in [2.45, 2.75) is 10.2 Å². The van der Waals surface area contributed by atoms with Crippen LogP contribution in [-0.2, 0) is 5.25 Å². The molecular weight excluding hydrogens is 292 g/mol. The standard InChI is InChI=1S/C16H11F2NOS/c17-16(18,21-13-9-5-2-6-10-13)15-11-14(19-20-15)12-7-3-1-4-8-12/h1-11H. The Morgan fingerprint density at radius 2 is 1.52 bits per heavy atom. The van der Waals surface area contributed by atoms with Crippen LogP contribution in [0.2, 0.25) is 0 Å². The highest BCUT2D eigenvalue weighted by Crippen LogP contribution is 2.44. The molecule has 0 aliphatic rings. The highest BCUT2D eigenvalue weighted by atomic mass is 32.2. The number of hydrogen-bond acceptors (Lipinski definition) is 3. The predicted octanol–water partition coefficient (Wildman–Crippen LogP) is 5.18. The van der Waals surface area contributed by atoms with Gasteiger partial charge in [-0.25, -0.2) is 0 Å². The van der Waals surface area contributed by atoms with Gasteiger partial charge in [-0.15, -0.1) is 0 Å². The molecule has 0 bridgehead atoms. The van der Waals surface area contributed by atoms with Gasteiger partial charge in [-0.05, 0) is 23.9 Å². The average Bonchev–Trinajstić information content (AvgIpc) is 2.99. The molecule has 5 heteroatoms. The van der Waals surface area contributed by atoms with Gasteiger partial charge in [0.1, 0.15) is 5.69 Å². The Bertz CT molecular complexity index is 713. The molecule has 21 heavy (non-hydrogen) atoms. The van der Waals surface area contributed by atoms with Crippen LogP contribution in [0, 0.1) is 0 Å². The van der Waals surface area contributed by atoms with Crippen molar-refractivity contribution in [3.05, 3.63) is 72.5 Å². The zero-order valence-corrected chi connectivity index (χ0v) is 11.7. The number of benzene rings is 2. The first kappa shape index (κ1) is 13.8. The van der Waals surface area contributed by atoms with Gasteiger partial charge in [0.2, 0.25) is 5.76 Å². The van der Waals surface area contributed by atoms with Crippen LogP contribution in [0.3, 0.4) is 0 Å². The summed E-state index contributed by atoms with van der Waals surface area (Å²) < 4.78 is 33.2. The van der Waals surface area contributed by atoms with Gasteiger partial charge in [0.05, 0.1) is 0 Å². The Hall–Kier alpha value is -2.14. The summed E-state index contributed by atoms with van der Waals surface area (Å²) in [4.78, 5) is 0.472. The number of alkyl halides is 2. The van der Waals surface area contributed by atoms with Crippen molar-refractivity contribution in [3.8, 4) is 11.3 Å². The van der Waals surface area contributed by atoms with E-state index in [1.54, 1.807) is 42.5 Å². The lowest BCUT2D eigenvalue weighted by molar-refractivity contribution is 0.0702. The molecule has 1 heterocycles. The molecule has 2 nitrogen and oxygen atoms in total. The zero-order valence-electron chi connectivity index (χ0n) is 10.9. The fourth-order valence-corrected chi connectivity index (χ4v) is 2.63. The van der Waals surface area contributed by atoms with Crippen molar-refractivity contribution in [1.82, 2.24) is 5.16 Å². The lowest BCUT2D eigenvalue weighted by Gasteiger charge is -2.11. The topological polar surface area (TPSA) is 26.0 Å². The summed E-state index contributed by atoms with van der Waals surface area (Å²) in [6, 6.07) is 18.8. The molecule has 2 aromatic carbocycles. The number of aromatic nitrogens is 1. The third-order valence-electron chi connectivity index (χ3n) is 2.86. The van der Waals surface area contributed by atoms with Crippen LogP contribution in [0.15, 0.2) is 76.1 Å². The van der Waals surface area contributed by atoms with Gasteiger partial charge in [-0.2, -0.15) is 8.78 Å². The molecule has 0 aliphatic heterocycles. The summed E-state index contributed by atoms with van der Waals surface area (Å²) in [7, 11) is 0. The number of thioether (sulfide) groups is 1. The molecule has 0 N–H and O–H groups in total. The summed E-state index contributed by atoms with van der Waals surface area (Å²) in [6.07, 6.45) is 0. The maximum atomic E-state index is 14.2. The van der Waals surface area contributed by atoms with Crippen LogP contribution in [0.4, 0.5) is 8.78 Å². The molecule has 3 rings (SSSR count). The van der Waals surface area contributed by atoms with Crippen molar-refractivity contribution in [1.29, 1.82) is 0 Å². The maximum absolute atomic E-state index is 14.2. The molecule has 0 spiro atoms. The average molecular weight is 303 g/mol. The molecular formula is C16H11F2NOS. The van der Waals surface area contributed by atoms with Crippen molar-refractivity contribution in [3.63, 3.8) is 0 Å². The molecule has 0 saturated heterocycles. The van der Waals surface area contributed by atoms with Gasteiger partial charge < -0.3 is 4.52 Å². The van der Waals surface area contributed by atoms with Gasteiger partial charge in [-0.1, -0.05) is 53.7 Å². The van der Waals surface area contributed by atoms with E-state index in [1.165, 1.54) is 6.07 Å². The Morgan fingerprint density at radius 1 is 0.905 bits per heavy atom. The van der Waals surface area contributed by atoms with Gasteiger partial charge in [0, 0.05) is 16.5 Å². The van der Waals surface area contributed by atoms with Crippen LogP contribution < -0.4 is 0 Å². The summed E-state index contributed by atoms with van der Waals surface area (Å²) in [5.74, 6) is -0.449. The lowest BCUT2D eigenvalue weighted by Crippen LogP contribution is -2.06. The highest BCUT2D eigenvalue weighted by Gasteiger charge is 2.38. The number of nitrogens with zero attached hydrogens (tertiary/aromatic N) is 1. The van der Waals surface area contributed by atoms with E-state index in [1.807, 2.05) is 18.2 Å². The molecule has 0 aliphatic carbocycles. The fourth-order valence-electron chi connectivity index (χ4n) is 1.84. The van der Waals surface area contributed by atoms with E-state index in [2.05, 4.69) is 5.16 Å². The van der Waals surface area contributed by atoms with Crippen molar-refractivity contribution in [2.24, 2.45) is 0 Å². The Labute approximate surface area is 124 Å². The van der Waals surface area contributed by atoms with E-state index in [4.69, 9.17) is 4.52 Å². The third kappa shape index (κ3) is 3.13. The Balaban J connectivity index is 1.85. The number of halogens is 2. The molecule has 0 amide bonds. The maximum Gasteiger partial charge on any atom is 0.357 e. The second-order valence-electron chi connectivity index (χ2n) is 4.37. The number of rotatable bonds is 4. The number of hydrogen-bond donors (Lipinski definition) is 0. The van der Waals surface area contributed by atoms with Crippen LogP contribution >= 0.6 is 11.8 Å². The third-order valence-corrected chi connectivity index (χ3v) is 3.82. The fraction of sp³-hybridized carbons (Fsp3) is 0.0625. The molecule has 0 saturated carbocycles. The van der Waals surface area contributed by atoms with E-state index < -0.39 is 11.0 Å². The van der Waals surface area contributed by atoms with Gasteiger partial charge >= 0.3 is 5.25 Å². The molecule has 0 unspecified atom stereocenters. The quantitative estimate of drug-likeness (QED) is 0.621. The first-order valence-electron chi connectivity index (χ1n) is 6.30. The SMILES string of the molecule is FC(F)(Sc1ccccc1)c1cc(-c2ccccc2)no1. The second-order valence-corrected chi connectivity index (χ2v) is 5.56. The monoisotopic (exact) mass is 303 g/mol. The van der Waals surface area contributed by atoms with E-state index in [9.17, 15) is 8.78 Å². The molecule has 0 atom stereocenters. The van der Waals surface area contributed by atoms with E-state index in [-0.39, 0.29) is 0 Å². The van der Waals surface area contributed by atoms with Gasteiger partial charge in [-0.3, -0.25) is 0 Å². The lowest BCUT2D eigenvalue weighted by atomic mass is 10.1. The highest BCUT2D eigenvalue weighted by molar-refractivity contribution is 8.00. The van der Waals surface area contributed by atoms with Crippen molar-refractivity contribution < 1.29 is 13.3 Å². The van der Waals surface area contributed by atoms with E-state index in [0.29, 0.717) is 22.4 Å². The summed E-state index contributed by atoms with van der Waals surface area (Å²) in [5, 5.41) is 0.561. The normalized spacial score (nSPS) is 11.5.